The molecule has 0 aliphatic carbocycles. The predicted octanol–water partition coefficient (Wildman–Crippen LogP) is 4.09. The molecular formula is C16H16Cl2N2O. The number of carbonyl (C=O) groups excluding carboxylic acids is 1. The molecule has 21 heavy (non-hydrogen) atoms. The molecule has 2 aromatic rings. The Labute approximate surface area is 134 Å². The molecule has 3 nitrogen and oxygen atoms in total. The molecule has 110 valence electrons. The van der Waals surface area contributed by atoms with Crippen LogP contribution in [-0.2, 0) is 6.54 Å². The molecule has 0 N–H and O–H groups in total. The second-order valence-corrected chi connectivity index (χ2v) is 5.53. The molecule has 0 unspecified atom stereocenters. The van der Waals surface area contributed by atoms with Crippen LogP contribution in [0.1, 0.15) is 22.8 Å². The van der Waals surface area contributed by atoms with E-state index < -0.39 is 0 Å². The molecule has 0 atom stereocenters. The van der Waals surface area contributed by atoms with Gasteiger partial charge in [-0.25, -0.2) is 0 Å². The fraction of sp³-hybridized carbons (Fsp3) is 0.250. The van der Waals surface area contributed by atoms with Crippen molar-refractivity contribution in [2.45, 2.75) is 13.5 Å². The van der Waals surface area contributed by atoms with Crippen LogP contribution >= 0.6 is 23.2 Å². The highest BCUT2D eigenvalue weighted by Gasteiger charge is 2.13. The van der Waals surface area contributed by atoms with E-state index in [1.165, 1.54) is 0 Å². The fourth-order valence-corrected chi connectivity index (χ4v) is 2.29. The third kappa shape index (κ3) is 4.53. The molecule has 0 spiro atoms. The van der Waals surface area contributed by atoms with E-state index in [-0.39, 0.29) is 5.78 Å². The van der Waals surface area contributed by atoms with Gasteiger partial charge in [0.25, 0.3) is 0 Å². The van der Waals surface area contributed by atoms with E-state index in [0.29, 0.717) is 28.7 Å². The number of hydrogen-bond acceptors (Lipinski definition) is 3. The quantitative estimate of drug-likeness (QED) is 0.751. The number of benzene rings is 1. The maximum atomic E-state index is 12.3. The van der Waals surface area contributed by atoms with E-state index in [2.05, 4.69) is 9.88 Å². The molecule has 1 aromatic carbocycles. The van der Waals surface area contributed by atoms with E-state index in [1.54, 1.807) is 30.6 Å². The van der Waals surface area contributed by atoms with Gasteiger partial charge in [0.1, 0.15) is 0 Å². The van der Waals surface area contributed by atoms with Gasteiger partial charge in [-0.3, -0.25) is 14.7 Å². The van der Waals surface area contributed by atoms with Crippen molar-refractivity contribution in [2.24, 2.45) is 0 Å². The second kappa shape index (κ2) is 7.55. The number of aromatic nitrogens is 1. The molecule has 5 heteroatoms. The van der Waals surface area contributed by atoms with Crippen LogP contribution in [0.2, 0.25) is 10.0 Å². The lowest BCUT2D eigenvalue weighted by atomic mass is 10.1. The van der Waals surface area contributed by atoms with Crippen LogP contribution in [0.5, 0.6) is 0 Å². The van der Waals surface area contributed by atoms with Crippen molar-refractivity contribution in [3.63, 3.8) is 0 Å². The molecule has 1 aromatic heterocycles. The number of ketones is 1. The van der Waals surface area contributed by atoms with Crippen molar-refractivity contribution >= 4 is 29.0 Å². The van der Waals surface area contributed by atoms with Gasteiger partial charge in [-0.2, -0.15) is 0 Å². The highest BCUT2D eigenvalue weighted by atomic mass is 35.5. The van der Waals surface area contributed by atoms with Gasteiger partial charge in [0.2, 0.25) is 0 Å². The third-order valence-electron chi connectivity index (χ3n) is 3.21. The first kappa shape index (κ1) is 16.0. The molecular weight excluding hydrogens is 307 g/mol. The van der Waals surface area contributed by atoms with Crippen LogP contribution in [0.15, 0.2) is 42.7 Å². The van der Waals surface area contributed by atoms with Gasteiger partial charge in [-0.05, 0) is 42.4 Å². The standard InChI is InChI=1S/C16H16Cl2N2O/c1-2-20(10-12-5-7-19-8-6-12)11-16(21)13-3-4-14(17)15(18)9-13/h3-9H,2,10-11H2,1H3. The number of halogens is 2. The average molecular weight is 323 g/mol. The summed E-state index contributed by atoms with van der Waals surface area (Å²) in [6.45, 7) is 3.88. The first-order valence-corrected chi connectivity index (χ1v) is 7.45. The van der Waals surface area contributed by atoms with Crippen molar-refractivity contribution in [3.8, 4) is 0 Å². The van der Waals surface area contributed by atoms with Crippen LogP contribution in [0.25, 0.3) is 0 Å². The summed E-state index contributed by atoms with van der Waals surface area (Å²) in [5, 5.41) is 0.858. The van der Waals surface area contributed by atoms with Crippen molar-refractivity contribution in [1.29, 1.82) is 0 Å². The molecule has 0 fully saturated rings. The Morgan fingerprint density at radius 3 is 2.48 bits per heavy atom. The Bertz CT molecular complexity index is 617. The summed E-state index contributed by atoms with van der Waals surface area (Å²) in [5.74, 6) is 0.0319. The minimum absolute atomic E-state index is 0.0319. The third-order valence-corrected chi connectivity index (χ3v) is 3.95. The highest BCUT2D eigenvalue weighted by Crippen LogP contribution is 2.23. The second-order valence-electron chi connectivity index (χ2n) is 4.71. The van der Waals surface area contributed by atoms with Gasteiger partial charge in [0, 0.05) is 24.5 Å². The van der Waals surface area contributed by atoms with Crippen LogP contribution in [0.4, 0.5) is 0 Å². The molecule has 0 bridgehead atoms. The lowest BCUT2D eigenvalue weighted by molar-refractivity contribution is 0.0929. The summed E-state index contributed by atoms with van der Waals surface area (Å²) >= 11 is 11.8. The monoisotopic (exact) mass is 322 g/mol. The van der Waals surface area contributed by atoms with E-state index in [4.69, 9.17) is 23.2 Å². The summed E-state index contributed by atoms with van der Waals surface area (Å²) in [6.07, 6.45) is 3.51. The zero-order valence-corrected chi connectivity index (χ0v) is 13.2. The van der Waals surface area contributed by atoms with Crippen molar-refractivity contribution in [1.82, 2.24) is 9.88 Å². The Morgan fingerprint density at radius 1 is 1.14 bits per heavy atom. The molecule has 0 saturated carbocycles. The van der Waals surface area contributed by atoms with Gasteiger partial charge >= 0.3 is 0 Å². The van der Waals surface area contributed by atoms with Gasteiger partial charge < -0.3 is 0 Å². The lowest BCUT2D eigenvalue weighted by Crippen LogP contribution is -2.29. The molecule has 0 saturated heterocycles. The predicted molar refractivity (Wildman–Crippen MR) is 86.0 cm³/mol. The maximum absolute atomic E-state index is 12.3. The van der Waals surface area contributed by atoms with E-state index in [0.717, 1.165) is 12.1 Å². The van der Waals surface area contributed by atoms with E-state index in [1.807, 2.05) is 19.1 Å². The zero-order valence-electron chi connectivity index (χ0n) is 11.7. The number of carbonyl (C=O) groups is 1. The molecule has 1 heterocycles. The Morgan fingerprint density at radius 2 is 1.86 bits per heavy atom. The van der Waals surface area contributed by atoms with Crippen LogP contribution in [0, 0.1) is 0 Å². The smallest absolute Gasteiger partial charge is 0.176 e. The van der Waals surface area contributed by atoms with E-state index in [9.17, 15) is 4.79 Å². The average Bonchev–Trinajstić information content (AvgIpc) is 2.50. The molecule has 0 radical (unpaired) electrons. The van der Waals surface area contributed by atoms with Crippen LogP contribution in [-0.4, -0.2) is 28.8 Å². The summed E-state index contributed by atoms with van der Waals surface area (Å²) < 4.78 is 0. The maximum Gasteiger partial charge on any atom is 0.176 e. The number of likely N-dealkylation sites (N-methyl/N-ethyl adjacent to an activating group) is 1. The van der Waals surface area contributed by atoms with Crippen molar-refractivity contribution in [3.05, 3.63) is 63.9 Å². The fourth-order valence-electron chi connectivity index (χ4n) is 1.99. The van der Waals surface area contributed by atoms with Crippen LogP contribution in [0.3, 0.4) is 0 Å². The Balaban J connectivity index is 2.04. The molecule has 0 amide bonds. The van der Waals surface area contributed by atoms with Crippen molar-refractivity contribution in [2.75, 3.05) is 13.1 Å². The van der Waals surface area contributed by atoms with Crippen LogP contribution < -0.4 is 0 Å². The van der Waals surface area contributed by atoms with Gasteiger partial charge in [0.05, 0.1) is 16.6 Å². The summed E-state index contributed by atoms with van der Waals surface area (Å²) in [6, 6.07) is 8.87. The Hall–Kier alpha value is -1.42. The lowest BCUT2D eigenvalue weighted by Gasteiger charge is -2.19. The van der Waals surface area contributed by atoms with Gasteiger partial charge in [-0.1, -0.05) is 30.1 Å². The number of hydrogen-bond donors (Lipinski definition) is 0. The summed E-state index contributed by atoms with van der Waals surface area (Å²) in [5.41, 5.74) is 1.71. The first-order chi connectivity index (χ1) is 10.1. The zero-order chi connectivity index (χ0) is 15.2. The van der Waals surface area contributed by atoms with Gasteiger partial charge in [0.15, 0.2) is 5.78 Å². The largest absolute Gasteiger partial charge is 0.293 e. The summed E-state index contributed by atoms with van der Waals surface area (Å²) in [7, 11) is 0. The number of pyridine rings is 1. The normalized spacial score (nSPS) is 10.9. The SMILES string of the molecule is CCN(CC(=O)c1ccc(Cl)c(Cl)c1)Cc1ccncc1. The van der Waals surface area contributed by atoms with Crippen molar-refractivity contribution < 1.29 is 4.79 Å². The number of nitrogens with zero attached hydrogens (tertiary/aromatic N) is 2. The van der Waals surface area contributed by atoms with E-state index >= 15 is 0 Å². The Kier molecular flexibility index (Phi) is 5.74. The molecule has 0 aliphatic rings. The minimum Gasteiger partial charge on any atom is -0.293 e. The summed E-state index contributed by atoms with van der Waals surface area (Å²) in [4.78, 5) is 18.4. The minimum atomic E-state index is 0.0319. The molecule has 0 aliphatic heterocycles. The highest BCUT2D eigenvalue weighted by molar-refractivity contribution is 6.42. The van der Waals surface area contributed by atoms with Gasteiger partial charge in [-0.15, -0.1) is 0 Å². The number of rotatable bonds is 6. The first-order valence-electron chi connectivity index (χ1n) is 6.69. The topological polar surface area (TPSA) is 33.2 Å². The number of Topliss-reactive ketones (excluding diaryl/α,β-unsaturated/α-hetero) is 1. The molecule has 2 rings (SSSR count).